The van der Waals surface area contributed by atoms with Crippen LogP contribution in [0.3, 0.4) is 0 Å². The minimum Gasteiger partial charge on any atom is -0.369 e. The lowest BCUT2D eigenvalue weighted by Gasteiger charge is -2.17. The van der Waals surface area contributed by atoms with Crippen molar-refractivity contribution < 1.29 is 4.79 Å². The number of hydrogen-bond donors (Lipinski definition) is 1. The number of nitrogens with zero attached hydrogens (tertiary/aromatic N) is 2. The first-order chi connectivity index (χ1) is 10.7. The van der Waals surface area contributed by atoms with Gasteiger partial charge in [-0.3, -0.25) is 4.79 Å². The van der Waals surface area contributed by atoms with E-state index in [2.05, 4.69) is 23.8 Å². The van der Waals surface area contributed by atoms with E-state index in [0.717, 1.165) is 51.1 Å². The summed E-state index contributed by atoms with van der Waals surface area (Å²) in [5.41, 5.74) is 1.95. The number of unbranched alkanes of at least 4 members (excludes halogenated alkanes) is 2. The summed E-state index contributed by atoms with van der Waals surface area (Å²) in [5.74, 6) is 0.828. The highest BCUT2D eigenvalue weighted by Crippen LogP contribution is 2.18. The number of carbonyl (C=O) groups is 1. The molecule has 1 aromatic rings. The Balaban J connectivity index is 1.83. The largest absolute Gasteiger partial charge is 0.369 e. The topological polar surface area (TPSA) is 45.2 Å². The van der Waals surface area contributed by atoms with Gasteiger partial charge in [-0.15, -0.1) is 6.58 Å². The summed E-state index contributed by atoms with van der Waals surface area (Å²) in [6, 6.07) is 3.71. The van der Waals surface area contributed by atoms with Gasteiger partial charge < -0.3 is 10.2 Å². The van der Waals surface area contributed by atoms with Crippen LogP contribution in [-0.4, -0.2) is 35.4 Å². The van der Waals surface area contributed by atoms with E-state index in [1.807, 2.05) is 17.0 Å². The van der Waals surface area contributed by atoms with E-state index in [4.69, 9.17) is 0 Å². The lowest BCUT2D eigenvalue weighted by atomic mass is 10.1. The van der Waals surface area contributed by atoms with Gasteiger partial charge >= 0.3 is 0 Å². The normalized spacial score (nSPS) is 14.1. The van der Waals surface area contributed by atoms with Crippen molar-refractivity contribution in [1.82, 2.24) is 9.88 Å². The zero-order chi connectivity index (χ0) is 15.8. The molecule has 1 amide bonds. The van der Waals surface area contributed by atoms with Crippen LogP contribution in [0.4, 0.5) is 5.82 Å². The third kappa shape index (κ3) is 4.86. The summed E-state index contributed by atoms with van der Waals surface area (Å²) in [6.07, 6.45) is 8.49. The number of anilines is 1. The fourth-order valence-corrected chi connectivity index (χ4v) is 2.74. The van der Waals surface area contributed by atoms with Crippen LogP contribution in [0.15, 0.2) is 30.5 Å². The smallest absolute Gasteiger partial charge is 0.257 e. The molecule has 1 fully saturated rings. The number of rotatable bonds is 8. The summed E-state index contributed by atoms with van der Waals surface area (Å²) in [5, 5.41) is 3.32. The van der Waals surface area contributed by atoms with Crippen molar-refractivity contribution in [1.29, 1.82) is 0 Å². The van der Waals surface area contributed by atoms with E-state index in [1.165, 1.54) is 18.4 Å². The molecule has 0 aromatic carbocycles. The number of amides is 1. The van der Waals surface area contributed by atoms with Crippen molar-refractivity contribution in [2.75, 3.05) is 25.0 Å². The van der Waals surface area contributed by atoms with Crippen LogP contribution in [0.2, 0.25) is 0 Å². The number of likely N-dealkylation sites (tertiary alicyclic amines) is 1. The zero-order valence-electron chi connectivity index (χ0n) is 13.6. The van der Waals surface area contributed by atoms with Gasteiger partial charge in [0, 0.05) is 25.8 Å². The van der Waals surface area contributed by atoms with Gasteiger partial charge in [-0.1, -0.05) is 12.0 Å². The Bertz CT molecular complexity index is 507. The number of aromatic nitrogens is 1. The van der Waals surface area contributed by atoms with Crippen LogP contribution in [0.1, 0.15) is 55.8 Å². The molecule has 0 aliphatic carbocycles. The maximum Gasteiger partial charge on any atom is 0.257 e. The first-order valence-corrected chi connectivity index (χ1v) is 8.31. The van der Waals surface area contributed by atoms with Gasteiger partial charge in [-0.25, -0.2) is 4.98 Å². The zero-order valence-corrected chi connectivity index (χ0v) is 13.6. The number of allylic oxidation sites excluding steroid dienone is 1. The number of pyridine rings is 1. The van der Waals surface area contributed by atoms with E-state index in [9.17, 15) is 4.79 Å². The molecular weight excluding hydrogens is 274 g/mol. The second-order valence-electron chi connectivity index (χ2n) is 6.09. The molecule has 1 aromatic heterocycles. The van der Waals surface area contributed by atoms with Crippen LogP contribution in [0.5, 0.6) is 0 Å². The third-order valence-electron chi connectivity index (χ3n) is 4.00. The van der Waals surface area contributed by atoms with Crippen molar-refractivity contribution in [3.05, 3.63) is 36.0 Å². The molecule has 1 aliphatic rings. The highest BCUT2D eigenvalue weighted by atomic mass is 16.2. The Morgan fingerprint density at radius 3 is 2.82 bits per heavy atom. The van der Waals surface area contributed by atoms with Crippen LogP contribution in [-0.2, 0) is 0 Å². The quantitative estimate of drug-likeness (QED) is 0.585. The minimum atomic E-state index is 0.107. The minimum absolute atomic E-state index is 0.107. The van der Waals surface area contributed by atoms with Gasteiger partial charge in [0.1, 0.15) is 5.82 Å². The number of carbonyl (C=O) groups excluding carboxylic acids is 1. The van der Waals surface area contributed by atoms with E-state index in [1.54, 1.807) is 6.20 Å². The van der Waals surface area contributed by atoms with E-state index < -0.39 is 0 Å². The maximum atomic E-state index is 12.5. The Hall–Kier alpha value is -1.84. The highest BCUT2D eigenvalue weighted by molar-refractivity contribution is 5.98. The molecule has 0 atom stereocenters. The molecule has 0 spiro atoms. The Morgan fingerprint density at radius 1 is 1.32 bits per heavy atom. The van der Waals surface area contributed by atoms with E-state index in [-0.39, 0.29) is 5.91 Å². The van der Waals surface area contributed by atoms with Crippen LogP contribution in [0.25, 0.3) is 0 Å². The molecule has 0 saturated carbocycles. The molecule has 4 nitrogen and oxygen atoms in total. The Kier molecular flexibility index (Phi) is 6.44. The molecule has 120 valence electrons. The molecule has 4 heteroatoms. The Labute approximate surface area is 133 Å². The van der Waals surface area contributed by atoms with Crippen LogP contribution >= 0.6 is 0 Å². The number of nitrogens with one attached hydrogen (secondary N) is 1. The molecule has 2 rings (SSSR count). The standard InChI is InChI=1S/C18H27N3O/c1-15(2)9-4-3-5-11-19-17-16(10-8-12-20-17)18(22)21-13-6-7-14-21/h8,10,12H,1,3-7,9,11,13-14H2,2H3,(H,19,20). The van der Waals surface area contributed by atoms with Crippen LogP contribution < -0.4 is 5.32 Å². The SMILES string of the molecule is C=C(C)CCCCCNc1ncccc1C(=O)N1CCCC1. The van der Waals surface area contributed by atoms with Crippen molar-refractivity contribution >= 4 is 11.7 Å². The number of hydrogen-bond acceptors (Lipinski definition) is 3. The first-order valence-electron chi connectivity index (χ1n) is 8.31. The average molecular weight is 301 g/mol. The molecule has 1 saturated heterocycles. The van der Waals surface area contributed by atoms with Gasteiger partial charge in [0.05, 0.1) is 5.56 Å². The van der Waals surface area contributed by atoms with Gasteiger partial charge in [0.2, 0.25) is 0 Å². The highest BCUT2D eigenvalue weighted by Gasteiger charge is 2.22. The lowest BCUT2D eigenvalue weighted by molar-refractivity contribution is 0.0793. The molecule has 1 N–H and O–H groups in total. The lowest BCUT2D eigenvalue weighted by Crippen LogP contribution is -2.28. The molecule has 1 aliphatic heterocycles. The van der Waals surface area contributed by atoms with Gasteiger partial charge in [-0.2, -0.15) is 0 Å². The maximum absolute atomic E-state index is 12.5. The van der Waals surface area contributed by atoms with Crippen molar-refractivity contribution in [3.8, 4) is 0 Å². The third-order valence-corrected chi connectivity index (χ3v) is 4.00. The molecule has 0 unspecified atom stereocenters. The van der Waals surface area contributed by atoms with Crippen molar-refractivity contribution in [2.24, 2.45) is 0 Å². The van der Waals surface area contributed by atoms with E-state index >= 15 is 0 Å². The summed E-state index contributed by atoms with van der Waals surface area (Å²) in [6.45, 7) is 8.59. The Morgan fingerprint density at radius 2 is 2.09 bits per heavy atom. The summed E-state index contributed by atoms with van der Waals surface area (Å²) in [7, 11) is 0. The average Bonchev–Trinajstić information content (AvgIpc) is 3.04. The molecule has 22 heavy (non-hydrogen) atoms. The monoisotopic (exact) mass is 301 g/mol. The second kappa shape index (κ2) is 8.57. The fraction of sp³-hybridized carbons (Fsp3) is 0.556. The fourth-order valence-electron chi connectivity index (χ4n) is 2.74. The van der Waals surface area contributed by atoms with Crippen molar-refractivity contribution in [2.45, 2.75) is 45.4 Å². The van der Waals surface area contributed by atoms with Gasteiger partial charge in [-0.05, 0) is 51.2 Å². The predicted molar refractivity (Wildman–Crippen MR) is 91.1 cm³/mol. The van der Waals surface area contributed by atoms with Gasteiger partial charge in [0.15, 0.2) is 0 Å². The predicted octanol–water partition coefficient (Wildman–Crippen LogP) is 3.87. The summed E-state index contributed by atoms with van der Waals surface area (Å²) in [4.78, 5) is 18.8. The molecule has 2 heterocycles. The van der Waals surface area contributed by atoms with Crippen LogP contribution in [0, 0.1) is 0 Å². The molecule has 0 bridgehead atoms. The van der Waals surface area contributed by atoms with Gasteiger partial charge in [0.25, 0.3) is 5.91 Å². The van der Waals surface area contributed by atoms with Crippen molar-refractivity contribution in [3.63, 3.8) is 0 Å². The summed E-state index contributed by atoms with van der Waals surface area (Å²) < 4.78 is 0. The van der Waals surface area contributed by atoms with E-state index in [0.29, 0.717) is 5.56 Å². The second-order valence-corrected chi connectivity index (χ2v) is 6.09. The summed E-state index contributed by atoms with van der Waals surface area (Å²) >= 11 is 0. The first kappa shape index (κ1) is 16.5. The molecule has 0 radical (unpaired) electrons. The molecular formula is C18H27N3O.